The van der Waals surface area contributed by atoms with Crippen LogP contribution < -0.4 is 5.43 Å². The predicted molar refractivity (Wildman–Crippen MR) is 27.1 cm³/mol. The van der Waals surface area contributed by atoms with Gasteiger partial charge in [-0.2, -0.15) is 10.6 Å². The van der Waals surface area contributed by atoms with Gasteiger partial charge in [-0.1, -0.05) is 0 Å². The van der Waals surface area contributed by atoms with Crippen LogP contribution >= 0.6 is 0 Å². The SMILES string of the molecule is CON1C=CC(O)N1. The van der Waals surface area contributed by atoms with Crippen LogP contribution in [0, 0.1) is 0 Å². The van der Waals surface area contributed by atoms with Crippen LogP contribution in [0.2, 0.25) is 0 Å². The van der Waals surface area contributed by atoms with Crippen LogP contribution in [0.15, 0.2) is 12.3 Å². The Balaban J connectivity index is 2.34. The Bertz CT molecular complexity index is 104. The number of rotatable bonds is 1. The number of hydroxylamine groups is 1. The van der Waals surface area contributed by atoms with Gasteiger partial charge in [-0.25, -0.2) is 0 Å². The highest BCUT2D eigenvalue weighted by Gasteiger charge is 2.08. The second kappa shape index (κ2) is 2.13. The fourth-order valence-electron chi connectivity index (χ4n) is 0.490. The summed E-state index contributed by atoms with van der Waals surface area (Å²) in [5, 5.41) is 10.0. The summed E-state index contributed by atoms with van der Waals surface area (Å²) in [5.41, 5.74) is 2.56. The van der Waals surface area contributed by atoms with E-state index in [1.165, 1.54) is 12.3 Å². The van der Waals surface area contributed by atoms with Gasteiger partial charge >= 0.3 is 0 Å². The van der Waals surface area contributed by atoms with Crippen molar-refractivity contribution in [3.8, 4) is 0 Å². The zero-order valence-electron chi connectivity index (χ0n) is 4.53. The monoisotopic (exact) mass is 116 g/mol. The maximum Gasteiger partial charge on any atom is 0.144 e. The molecule has 0 aromatic carbocycles. The molecular formula is C4H8N2O2. The van der Waals surface area contributed by atoms with Crippen molar-refractivity contribution >= 4 is 0 Å². The molecule has 0 aliphatic carbocycles. The number of aliphatic hydroxyl groups excluding tert-OH is 1. The summed E-state index contributed by atoms with van der Waals surface area (Å²) < 4.78 is 0. The van der Waals surface area contributed by atoms with Crippen molar-refractivity contribution in [2.24, 2.45) is 0 Å². The van der Waals surface area contributed by atoms with Gasteiger partial charge in [0.2, 0.25) is 0 Å². The average molecular weight is 116 g/mol. The molecule has 0 spiro atoms. The third-order valence-electron chi connectivity index (χ3n) is 0.860. The molecule has 4 heteroatoms. The Morgan fingerprint density at radius 2 is 2.62 bits per heavy atom. The quantitative estimate of drug-likeness (QED) is 0.471. The molecule has 1 unspecified atom stereocenters. The molecule has 0 saturated heterocycles. The predicted octanol–water partition coefficient (Wildman–Crippen LogP) is -0.800. The Hall–Kier alpha value is -0.580. The van der Waals surface area contributed by atoms with Crippen molar-refractivity contribution in [2.75, 3.05) is 7.11 Å². The van der Waals surface area contributed by atoms with Gasteiger partial charge in [0.25, 0.3) is 0 Å². The highest BCUT2D eigenvalue weighted by molar-refractivity contribution is 4.89. The molecule has 4 nitrogen and oxygen atoms in total. The standard InChI is InChI=1S/C4H8N2O2/c1-8-6-3-2-4(7)5-6/h2-5,7H,1H3. The summed E-state index contributed by atoms with van der Waals surface area (Å²) in [4.78, 5) is 4.66. The molecule has 1 atom stereocenters. The lowest BCUT2D eigenvalue weighted by Gasteiger charge is -2.12. The van der Waals surface area contributed by atoms with E-state index in [1.54, 1.807) is 12.3 Å². The Morgan fingerprint density at radius 1 is 1.88 bits per heavy atom. The molecule has 1 aliphatic heterocycles. The fourth-order valence-corrected chi connectivity index (χ4v) is 0.490. The summed E-state index contributed by atoms with van der Waals surface area (Å²) in [6.45, 7) is 0. The Labute approximate surface area is 47.3 Å². The largest absolute Gasteiger partial charge is 0.373 e. The topological polar surface area (TPSA) is 44.7 Å². The Kier molecular flexibility index (Phi) is 1.48. The van der Waals surface area contributed by atoms with Crippen molar-refractivity contribution in [3.63, 3.8) is 0 Å². The van der Waals surface area contributed by atoms with E-state index in [2.05, 4.69) is 10.3 Å². The van der Waals surface area contributed by atoms with E-state index in [1.807, 2.05) is 0 Å². The summed E-state index contributed by atoms with van der Waals surface area (Å²) in [7, 11) is 1.51. The molecule has 1 rings (SSSR count). The number of nitrogens with zero attached hydrogens (tertiary/aromatic N) is 1. The minimum atomic E-state index is -0.602. The van der Waals surface area contributed by atoms with Gasteiger partial charge in [-0.15, -0.1) is 0 Å². The van der Waals surface area contributed by atoms with Crippen molar-refractivity contribution in [1.29, 1.82) is 0 Å². The molecule has 1 aliphatic rings. The smallest absolute Gasteiger partial charge is 0.144 e. The molecule has 1 heterocycles. The summed E-state index contributed by atoms with van der Waals surface area (Å²) in [6.07, 6.45) is 2.57. The van der Waals surface area contributed by atoms with E-state index in [4.69, 9.17) is 5.11 Å². The van der Waals surface area contributed by atoms with Gasteiger partial charge in [-0.3, -0.25) is 4.84 Å². The highest BCUT2D eigenvalue weighted by Crippen LogP contribution is 1.96. The third kappa shape index (κ3) is 0.975. The minimum Gasteiger partial charge on any atom is -0.373 e. The molecule has 0 aromatic heterocycles. The molecule has 0 aromatic rings. The van der Waals surface area contributed by atoms with E-state index in [0.717, 1.165) is 0 Å². The first-order chi connectivity index (χ1) is 3.83. The van der Waals surface area contributed by atoms with Crippen LogP contribution in [-0.4, -0.2) is 23.6 Å². The van der Waals surface area contributed by atoms with Gasteiger partial charge in [0.15, 0.2) is 0 Å². The van der Waals surface area contributed by atoms with Crippen LogP contribution in [0.5, 0.6) is 0 Å². The lowest BCUT2D eigenvalue weighted by molar-refractivity contribution is -0.140. The van der Waals surface area contributed by atoms with Gasteiger partial charge in [-0.05, 0) is 6.08 Å². The molecule has 8 heavy (non-hydrogen) atoms. The van der Waals surface area contributed by atoms with Gasteiger partial charge < -0.3 is 5.11 Å². The number of hydrazine groups is 1. The number of aliphatic hydroxyl groups is 1. The lowest BCUT2D eigenvalue weighted by atomic mass is 10.6. The molecule has 2 N–H and O–H groups in total. The number of hydrogen-bond donors (Lipinski definition) is 2. The average Bonchev–Trinajstić information content (AvgIpc) is 2.14. The van der Waals surface area contributed by atoms with Crippen LogP contribution in [-0.2, 0) is 4.84 Å². The van der Waals surface area contributed by atoms with Crippen LogP contribution in [0.1, 0.15) is 0 Å². The van der Waals surface area contributed by atoms with Crippen LogP contribution in [0.25, 0.3) is 0 Å². The van der Waals surface area contributed by atoms with Crippen molar-refractivity contribution in [1.82, 2.24) is 10.6 Å². The number of hydrogen-bond acceptors (Lipinski definition) is 4. The lowest BCUT2D eigenvalue weighted by Crippen LogP contribution is -2.33. The molecular weight excluding hydrogens is 108 g/mol. The minimum absolute atomic E-state index is 0.602. The molecule has 0 fully saturated rings. The van der Waals surface area contributed by atoms with Crippen molar-refractivity contribution < 1.29 is 9.94 Å². The molecule has 0 radical (unpaired) electrons. The summed E-state index contributed by atoms with van der Waals surface area (Å²) in [6, 6.07) is 0. The van der Waals surface area contributed by atoms with E-state index in [0.29, 0.717) is 0 Å². The molecule has 0 bridgehead atoms. The van der Waals surface area contributed by atoms with Gasteiger partial charge in [0.05, 0.1) is 7.11 Å². The first-order valence-corrected chi connectivity index (χ1v) is 2.29. The first-order valence-electron chi connectivity index (χ1n) is 2.29. The maximum atomic E-state index is 8.71. The molecule has 46 valence electrons. The van der Waals surface area contributed by atoms with E-state index in [9.17, 15) is 0 Å². The molecule has 0 amide bonds. The second-order valence-electron chi connectivity index (χ2n) is 1.42. The first kappa shape index (κ1) is 5.55. The van der Waals surface area contributed by atoms with Gasteiger partial charge in [0, 0.05) is 6.20 Å². The Morgan fingerprint density at radius 3 is 2.88 bits per heavy atom. The van der Waals surface area contributed by atoms with Crippen LogP contribution in [0.3, 0.4) is 0 Å². The van der Waals surface area contributed by atoms with E-state index in [-0.39, 0.29) is 0 Å². The van der Waals surface area contributed by atoms with Crippen molar-refractivity contribution in [3.05, 3.63) is 12.3 Å². The highest BCUT2D eigenvalue weighted by atomic mass is 16.7. The van der Waals surface area contributed by atoms with E-state index < -0.39 is 6.23 Å². The zero-order valence-corrected chi connectivity index (χ0v) is 4.53. The molecule has 0 saturated carbocycles. The summed E-state index contributed by atoms with van der Waals surface area (Å²) in [5.74, 6) is 0. The fraction of sp³-hybridized carbons (Fsp3) is 0.500. The van der Waals surface area contributed by atoms with E-state index >= 15 is 0 Å². The third-order valence-corrected chi connectivity index (χ3v) is 0.860. The van der Waals surface area contributed by atoms with Gasteiger partial charge in [0.1, 0.15) is 6.23 Å². The summed E-state index contributed by atoms with van der Waals surface area (Å²) >= 11 is 0. The maximum absolute atomic E-state index is 8.71. The van der Waals surface area contributed by atoms with Crippen LogP contribution in [0.4, 0.5) is 0 Å². The second-order valence-corrected chi connectivity index (χ2v) is 1.42. The number of nitrogens with one attached hydrogen (secondary N) is 1. The zero-order chi connectivity index (χ0) is 5.98. The normalized spacial score (nSPS) is 27.2. The van der Waals surface area contributed by atoms with Crippen molar-refractivity contribution in [2.45, 2.75) is 6.23 Å².